The first-order chi connectivity index (χ1) is 13.3. The van der Waals surface area contributed by atoms with E-state index in [0.717, 1.165) is 25.9 Å². The van der Waals surface area contributed by atoms with Gasteiger partial charge in [-0.05, 0) is 51.0 Å². The summed E-state index contributed by atoms with van der Waals surface area (Å²) in [6, 6.07) is 15.9. The molecule has 0 bridgehead atoms. The smallest absolute Gasteiger partial charge is 0.207 e. The van der Waals surface area contributed by atoms with Gasteiger partial charge in [-0.1, -0.05) is 30.3 Å². The Morgan fingerprint density at radius 3 is 1.96 bits per heavy atom. The molecule has 0 saturated carbocycles. The van der Waals surface area contributed by atoms with Gasteiger partial charge in [-0.15, -0.1) is 11.3 Å². The van der Waals surface area contributed by atoms with Crippen LogP contribution in [-0.4, -0.2) is 51.6 Å². The standard InChI is InChI=1S/C18H17BrN2O4S3/c19-17-7-8-18(26-17)28(24,25)21-11-9-20(10-12-21)27(22,23)16-6-5-14-3-1-2-4-15(14)13-16/h1-8,13H,9-12H2. The minimum Gasteiger partial charge on any atom is -0.207 e. The van der Waals surface area contributed by atoms with Crippen LogP contribution < -0.4 is 0 Å². The van der Waals surface area contributed by atoms with E-state index in [1.54, 1.807) is 30.3 Å². The van der Waals surface area contributed by atoms with Crippen LogP contribution in [0.3, 0.4) is 0 Å². The van der Waals surface area contributed by atoms with E-state index in [9.17, 15) is 16.8 Å². The maximum atomic E-state index is 13.0. The van der Waals surface area contributed by atoms with E-state index in [4.69, 9.17) is 0 Å². The Morgan fingerprint density at radius 1 is 0.750 bits per heavy atom. The Hall–Kier alpha value is -1.30. The highest BCUT2D eigenvalue weighted by Gasteiger charge is 2.34. The molecule has 1 aliphatic rings. The third kappa shape index (κ3) is 3.64. The molecule has 0 amide bonds. The van der Waals surface area contributed by atoms with Gasteiger partial charge in [0, 0.05) is 26.2 Å². The molecular weight excluding hydrogens is 484 g/mol. The van der Waals surface area contributed by atoms with Crippen LogP contribution in [0.15, 0.2) is 67.5 Å². The molecule has 0 spiro atoms. The van der Waals surface area contributed by atoms with E-state index in [2.05, 4.69) is 15.9 Å². The van der Waals surface area contributed by atoms with Gasteiger partial charge in [0.25, 0.3) is 10.0 Å². The second-order valence-corrected chi connectivity index (χ2v) is 12.9. The third-order valence-corrected chi connectivity index (χ3v) is 10.6. The number of nitrogens with zero attached hydrogens (tertiary/aromatic N) is 2. The molecule has 0 N–H and O–H groups in total. The summed E-state index contributed by atoms with van der Waals surface area (Å²) in [5.74, 6) is 0. The fraction of sp³-hybridized carbons (Fsp3) is 0.222. The van der Waals surface area contributed by atoms with Crippen molar-refractivity contribution in [2.24, 2.45) is 0 Å². The predicted molar refractivity (Wildman–Crippen MR) is 113 cm³/mol. The highest BCUT2D eigenvalue weighted by Crippen LogP contribution is 2.30. The second kappa shape index (κ2) is 7.51. The molecule has 2 heterocycles. The van der Waals surface area contributed by atoms with Gasteiger partial charge in [-0.25, -0.2) is 16.8 Å². The fourth-order valence-electron chi connectivity index (χ4n) is 3.19. The van der Waals surface area contributed by atoms with E-state index in [0.29, 0.717) is 0 Å². The number of halogens is 1. The van der Waals surface area contributed by atoms with Crippen LogP contribution in [-0.2, 0) is 20.0 Å². The minimum atomic E-state index is -3.68. The Balaban J connectivity index is 1.53. The highest BCUT2D eigenvalue weighted by atomic mass is 79.9. The van der Waals surface area contributed by atoms with Crippen molar-refractivity contribution in [3.8, 4) is 0 Å². The van der Waals surface area contributed by atoms with Crippen LogP contribution in [0.2, 0.25) is 0 Å². The zero-order valence-corrected chi connectivity index (χ0v) is 18.7. The van der Waals surface area contributed by atoms with Gasteiger partial charge >= 0.3 is 0 Å². The number of benzene rings is 2. The van der Waals surface area contributed by atoms with Crippen molar-refractivity contribution < 1.29 is 16.8 Å². The molecule has 10 heteroatoms. The average molecular weight is 501 g/mol. The van der Waals surface area contributed by atoms with E-state index in [1.807, 2.05) is 24.3 Å². The molecule has 1 aliphatic heterocycles. The molecule has 148 valence electrons. The average Bonchev–Trinajstić information content (AvgIpc) is 3.15. The number of fused-ring (bicyclic) bond motifs is 1. The van der Waals surface area contributed by atoms with Crippen molar-refractivity contribution in [1.82, 2.24) is 8.61 Å². The number of rotatable bonds is 4. The summed E-state index contributed by atoms with van der Waals surface area (Å²) >= 11 is 4.42. The van der Waals surface area contributed by atoms with E-state index in [1.165, 1.54) is 8.61 Å². The van der Waals surface area contributed by atoms with Crippen molar-refractivity contribution in [3.63, 3.8) is 0 Å². The van der Waals surface area contributed by atoms with Gasteiger partial charge in [-0.2, -0.15) is 8.61 Å². The van der Waals surface area contributed by atoms with Gasteiger partial charge in [-0.3, -0.25) is 0 Å². The van der Waals surface area contributed by atoms with Gasteiger partial charge in [0.2, 0.25) is 10.0 Å². The largest absolute Gasteiger partial charge is 0.252 e. The monoisotopic (exact) mass is 500 g/mol. The molecule has 1 fully saturated rings. The van der Waals surface area contributed by atoms with Crippen LogP contribution in [0.1, 0.15) is 0 Å². The summed E-state index contributed by atoms with van der Waals surface area (Å²) in [5, 5.41) is 1.83. The van der Waals surface area contributed by atoms with E-state index in [-0.39, 0.29) is 35.3 Å². The molecule has 1 aromatic heterocycles. The first-order valence-corrected chi connectivity index (χ1v) is 13.0. The van der Waals surface area contributed by atoms with Gasteiger partial charge in [0.15, 0.2) is 0 Å². The molecule has 0 radical (unpaired) electrons. The van der Waals surface area contributed by atoms with E-state index >= 15 is 0 Å². The molecule has 28 heavy (non-hydrogen) atoms. The zero-order chi connectivity index (χ0) is 19.9. The fourth-order valence-corrected chi connectivity index (χ4v) is 8.24. The van der Waals surface area contributed by atoms with E-state index < -0.39 is 20.0 Å². The second-order valence-electron chi connectivity index (χ2n) is 6.38. The van der Waals surface area contributed by atoms with Crippen molar-refractivity contribution in [2.45, 2.75) is 9.10 Å². The summed E-state index contributed by atoms with van der Waals surface area (Å²) in [6.45, 7) is 0.511. The lowest BCUT2D eigenvalue weighted by Gasteiger charge is -2.33. The van der Waals surface area contributed by atoms with Gasteiger partial charge < -0.3 is 0 Å². The topological polar surface area (TPSA) is 74.8 Å². The molecular formula is C18H17BrN2O4S3. The Labute approximate surface area is 176 Å². The first kappa shape index (κ1) is 20.0. The van der Waals surface area contributed by atoms with Crippen molar-refractivity contribution in [1.29, 1.82) is 0 Å². The summed E-state index contributed by atoms with van der Waals surface area (Å²) < 4.78 is 55.2. The lowest BCUT2D eigenvalue weighted by Crippen LogP contribution is -2.50. The maximum Gasteiger partial charge on any atom is 0.252 e. The van der Waals surface area contributed by atoms with Crippen molar-refractivity contribution >= 4 is 58.1 Å². The Kier molecular flexibility index (Phi) is 5.36. The third-order valence-electron chi connectivity index (χ3n) is 4.70. The molecule has 0 aliphatic carbocycles. The molecule has 2 aromatic carbocycles. The number of sulfonamides is 2. The normalized spacial score (nSPS) is 17.2. The molecule has 4 rings (SSSR count). The Morgan fingerprint density at radius 2 is 1.36 bits per heavy atom. The van der Waals surface area contributed by atoms with Crippen molar-refractivity contribution in [3.05, 3.63) is 58.4 Å². The lowest BCUT2D eigenvalue weighted by molar-refractivity contribution is 0.273. The SMILES string of the molecule is O=S(=O)(c1ccc2ccccc2c1)N1CCN(S(=O)(=O)c2ccc(Br)s2)CC1. The first-order valence-electron chi connectivity index (χ1n) is 8.53. The van der Waals surface area contributed by atoms with Crippen LogP contribution in [0.25, 0.3) is 10.8 Å². The molecule has 0 unspecified atom stereocenters. The van der Waals surface area contributed by atoms with Crippen LogP contribution in [0, 0.1) is 0 Å². The minimum absolute atomic E-state index is 0.126. The summed E-state index contributed by atoms with van der Waals surface area (Å²) in [5.41, 5.74) is 0. The van der Waals surface area contributed by atoms with Gasteiger partial charge in [0.1, 0.15) is 4.21 Å². The molecule has 0 atom stereocenters. The highest BCUT2D eigenvalue weighted by molar-refractivity contribution is 9.11. The zero-order valence-electron chi connectivity index (χ0n) is 14.7. The Bertz CT molecular complexity index is 1230. The van der Waals surface area contributed by atoms with Gasteiger partial charge in [0.05, 0.1) is 8.68 Å². The molecule has 3 aromatic rings. The summed E-state index contributed by atoms with van der Waals surface area (Å²) in [6.07, 6.45) is 0. The predicted octanol–water partition coefficient (Wildman–Crippen LogP) is 3.36. The van der Waals surface area contributed by atoms with Crippen LogP contribution in [0.4, 0.5) is 0 Å². The number of thiophene rings is 1. The summed E-state index contributed by atoms with van der Waals surface area (Å²) in [4.78, 5) is 0.227. The maximum absolute atomic E-state index is 13.0. The number of hydrogen-bond acceptors (Lipinski definition) is 5. The number of hydrogen-bond donors (Lipinski definition) is 0. The summed E-state index contributed by atoms with van der Waals surface area (Å²) in [7, 11) is -7.28. The lowest BCUT2D eigenvalue weighted by atomic mass is 10.1. The van der Waals surface area contributed by atoms with Crippen LogP contribution in [0.5, 0.6) is 0 Å². The van der Waals surface area contributed by atoms with Crippen LogP contribution >= 0.6 is 27.3 Å². The van der Waals surface area contributed by atoms with Crippen molar-refractivity contribution in [2.75, 3.05) is 26.2 Å². The molecule has 1 saturated heterocycles. The molecule has 6 nitrogen and oxygen atoms in total. The number of piperazine rings is 1. The quantitative estimate of drug-likeness (QED) is 0.550.